The molecule has 0 bridgehead atoms. The summed E-state index contributed by atoms with van der Waals surface area (Å²) >= 11 is 3.49. The van der Waals surface area contributed by atoms with E-state index in [1.54, 1.807) is 20.4 Å². The third-order valence-electron chi connectivity index (χ3n) is 4.43. The maximum absolute atomic E-state index is 5.29. The summed E-state index contributed by atoms with van der Waals surface area (Å²) in [5.74, 6) is 1.43. The summed E-state index contributed by atoms with van der Waals surface area (Å²) in [6.45, 7) is 2.60. The van der Waals surface area contributed by atoms with Gasteiger partial charge in [0.15, 0.2) is 5.96 Å². The number of ether oxygens (including phenoxy) is 1. The van der Waals surface area contributed by atoms with Gasteiger partial charge in [0.2, 0.25) is 5.88 Å². The molecule has 138 valence electrons. The number of methoxy groups -OCH3 is 1. The molecule has 0 saturated carbocycles. The van der Waals surface area contributed by atoms with Crippen molar-refractivity contribution in [2.75, 3.05) is 32.1 Å². The van der Waals surface area contributed by atoms with Crippen LogP contribution in [0.4, 0.5) is 5.69 Å². The van der Waals surface area contributed by atoms with E-state index >= 15 is 0 Å². The Bertz CT molecular complexity index is 750. The Labute approximate surface area is 162 Å². The quantitative estimate of drug-likeness (QED) is 0.578. The normalized spacial score (nSPS) is 17.3. The minimum atomic E-state index is 0.362. The van der Waals surface area contributed by atoms with Crippen LogP contribution < -0.4 is 20.3 Å². The molecule has 1 aliphatic heterocycles. The van der Waals surface area contributed by atoms with Gasteiger partial charge in [-0.3, -0.25) is 4.99 Å². The fourth-order valence-electron chi connectivity index (χ4n) is 3.07. The van der Waals surface area contributed by atoms with Crippen molar-refractivity contribution in [1.82, 2.24) is 15.6 Å². The van der Waals surface area contributed by atoms with Crippen molar-refractivity contribution >= 4 is 27.6 Å². The number of aromatic nitrogens is 1. The van der Waals surface area contributed by atoms with Gasteiger partial charge in [0.05, 0.1) is 7.11 Å². The number of aliphatic imine (C=N–C) groups is 1. The molecule has 6 nitrogen and oxygen atoms in total. The molecular formula is C19H24BrN5O. The lowest BCUT2D eigenvalue weighted by molar-refractivity contribution is 0.392. The highest BCUT2D eigenvalue weighted by atomic mass is 79.9. The van der Waals surface area contributed by atoms with Crippen molar-refractivity contribution in [2.45, 2.75) is 19.0 Å². The SMILES string of the molecule is CN=C(NCc1cccnc1OC)NC1CCN(c2ccc(Br)cc2)C1. The molecule has 1 unspecified atom stereocenters. The van der Waals surface area contributed by atoms with Crippen LogP contribution in [0.2, 0.25) is 0 Å². The van der Waals surface area contributed by atoms with Crippen molar-refractivity contribution in [3.8, 4) is 5.88 Å². The molecule has 3 rings (SSSR count). The maximum atomic E-state index is 5.29. The predicted octanol–water partition coefficient (Wildman–Crippen LogP) is 2.80. The van der Waals surface area contributed by atoms with Crippen LogP contribution in [0.25, 0.3) is 0 Å². The topological polar surface area (TPSA) is 61.8 Å². The molecule has 1 saturated heterocycles. The van der Waals surface area contributed by atoms with Crippen molar-refractivity contribution in [2.24, 2.45) is 4.99 Å². The van der Waals surface area contributed by atoms with E-state index in [1.807, 2.05) is 12.1 Å². The fourth-order valence-corrected chi connectivity index (χ4v) is 3.34. The number of nitrogens with one attached hydrogen (secondary N) is 2. The van der Waals surface area contributed by atoms with E-state index in [0.29, 0.717) is 18.5 Å². The largest absolute Gasteiger partial charge is 0.481 e. The number of anilines is 1. The lowest BCUT2D eigenvalue weighted by atomic mass is 10.2. The van der Waals surface area contributed by atoms with E-state index in [0.717, 1.165) is 35.5 Å². The molecule has 2 N–H and O–H groups in total. The Hall–Kier alpha value is -2.28. The second-order valence-corrected chi connectivity index (χ2v) is 7.07. The first kappa shape index (κ1) is 18.5. The van der Waals surface area contributed by atoms with Gasteiger partial charge in [-0.1, -0.05) is 22.0 Å². The third-order valence-corrected chi connectivity index (χ3v) is 4.96. The minimum absolute atomic E-state index is 0.362. The zero-order valence-electron chi connectivity index (χ0n) is 15.1. The summed E-state index contributed by atoms with van der Waals surface area (Å²) in [6, 6.07) is 12.7. The predicted molar refractivity (Wildman–Crippen MR) is 109 cm³/mol. The number of pyridine rings is 1. The maximum Gasteiger partial charge on any atom is 0.218 e. The van der Waals surface area contributed by atoms with Crippen LogP contribution in [0.1, 0.15) is 12.0 Å². The molecule has 2 aromatic rings. The Kier molecular flexibility index (Phi) is 6.33. The van der Waals surface area contributed by atoms with Crippen LogP contribution in [0, 0.1) is 0 Å². The van der Waals surface area contributed by atoms with Crippen LogP contribution in [0.3, 0.4) is 0 Å². The first-order valence-corrected chi connectivity index (χ1v) is 9.44. The first-order valence-electron chi connectivity index (χ1n) is 8.65. The number of hydrogen-bond donors (Lipinski definition) is 2. The second-order valence-electron chi connectivity index (χ2n) is 6.15. The molecule has 0 amide bonds. The van der Waals surface area contributed by atoms with Crippen molar-refractivity contribution < 1.29 is 4.74 Å². The number of rotatable bonds is 5. The molecule has 1 aromatic carbocycles. The van der Waals surface area contributed by atoms with Gasteiger partial charge in [0.25, 0.3) is 0 Å². The number of benzene rings is 1. The second kappa shape index (κ2) is 8.89. The monoisotopic (exact) mass is 417 g/mol. The number of hydrogen-bond acceptors (Lipinski definition) is 4. The smallest absolute Gasteiger partial charge is 0.218 e. The number of guanidine groups is 1. The fraction of sp³-hybridized carbons (Fsp3) is 0.368. The van der Waals surface area contributed by atoms with Crippen molar-refractivity contribution in [3.63, 3.8) is 0 Å². The van der Waals surface area contributed by atoms with Crippen LogP contribution >= 0.6 is 15.9 Å². The van der Waals surface area contributed by atoms with Crippen LogP contribution in [0.15, 0.2) is 52.1 Å². The molecule has 0 aliphatic carbocycles. The van der Waals surface area contributed by atoms with E-state index in [2.05, 4.69) is 65.7 Å². The summed E-state index contributed by atoms with van der Waals surface area (Å²) in [4.78, 5) is 11.0. The van der Waals surface area contributed by atoms with Gasteiger partial charge in [0, 0.05) is 54.6 Å². The van der Waals surface area contributed by atoms with E-state index in [4.69, 9.17) is 4.74 Å². The highest BCUT2D eigenvalue weighted by Crippen LogP contribution is 2.22. The van der Waals surface area contributed by atoms with Crippen molar-refractivity contribution in [3.05, 3.63) is 52.6 Å². The molecule has 26 heavy (non-hydrogen) atoms. The zero-order valence-corrected chi connectivity index (χ0v) is 16.7. The Morgan fingerprint density at radius 2 is 2.15 bits per heavy atom. The summed E-state index contributed by atoms with van der Waals surface area (Å²) in [5.41, 5.74) is 2.25. The van der Waals surface area contributed by atoms with E-state index < -0.39 is 0 Å². The molecule has 2 heterocycles. The lowest BCUT2D eigenvalue weighted by Crippen LogP contribution is -2.44. The van der Waals surface area contributed by atoms with E-state index in [1.165, 1.54) is 5.69 Å². The van der Waals surface area contributed by atoms with Gasteiger partial charge in [0.1, 0.15) is 0 Å². The zero-order chi connectivity index (χ0) is 18.4. The molecule has 7 heteroatoms. The summed E-state index contributed by atoms with van der Waals surface area (Å²) in [7, 11) is 3.42. The number of halogens is 1. The van der Waals surface area contributed by atoms with Crippen molar-refractivity contribution in [1.29, 1.82) is 0 Å². The highest BCUT2D eigenvalue weighted by molar-refractivity contribution is 9.10. The molecule has 1 aromatic heterocycles. The third kappa shape index (κ3) is 4.66. The van der Waals surface area contributed by atoms with Gasteiger partial charge in [-0.05, 0) is 36.8 Å². The molecule has 0 spiro atoms. The van der Waals surface area contributed by atoms with Gasteiger partial charge in [-0.2, -0.15) is 0 Å². The Morgan fingerprint density at radius 3 is 2.88 bits per heavy atom. The van der Waals surface area contributed by atoms with E-state index in [-0.39, 0.29) is 0 Å². The number of nitrogens with zero attached hydrogens (tertiary/aromatic N) is 3. The average Bonchev–Trinajstić information content (AvgIpc) is 3.14. The first-order chi connectivity index (χ1) is 12.7. The molecule has 1 atom stereocenters. The Balaban J connectivity index is 1.53. The summed E-state index contributed by atoms with van der Waals surface area (Å²) in [6.07, 6.45) is 2.80. The van der Waals surface area contributed by atoms with Crippen LogP contribution in [0.5, 0.6) is 5.88 Å². The Morgan fingerprint density at radius 1 is 1.35 bits per heavy atom. The van der Waals surface area contributed by atoms with Crippen LogP contribution in [-0.2, 0) is 6.54 Å². The standard InChI is InChI=1S/C19H24BrN5O/c1-21-19(23-12-14-4-3-10-22-18(14)26-2)24-16-9-11-25(13-16)17-7-5-15(20)6-8-17/h3-8,10,16H,9,11-13H2,1-2H3,(H2,21,23,24). The minimum Gasteiger partial charge on any atom is -0.481 e. The summed E-state index contributed by atoms with van der Waals surface area (Å²) < 4.78 is 6.40. The van der Waals surface area contributed by atoms with Gasteiger partial charge >= 0.3 is 0 Å². The van der Waals surface area contributed by atoms with Gasteiger partial charge < -0.3 is 20.3 Å². The van der Waals surface area contributed by atoms with E-state index in [9.17, 15) is 0 Å². The van der Waals surface area contributed by atoms with Gasteiger partial charge in [-0.25, -0.2) is 4.98 Å². The van der Waals surface area contributed by atoms with Gasteiger partial charge in [-0.15, -0.1) is 0 Å². The average molecular weight is 418 g/mol. The molecule has 0 radical (unpaired) electrons. The van der Waals surface area contributed by atoms with Crippen LogP contribution in [-0.4, -0.2) is 44.2 Å². The lowest BCUT2D eigenvalue weighted by Gasteiger charge is -2.20. The highest BCUT2D eigenvalue weighted by Gasteiger charge is 2.23. The molecular weight excluding hydrogens is 394 g/mol. The summed E-state index contributed by atoms with van der Waals surface area (Å²) in [5, 5.41) is 6.85. The molecule has 1 fully saturated rings. The molecule has 1 aliphatic rings.